The minimum absolute atomic E-state index is 0.0350. The summed E-state index contributed by atoms with van der Waals surface area (Å²) in [4.78, 5) is 28.2. The molecule has 35 heavy (non-hydrogen) atoms. The molecule has 5 rings (SSSR count). The monoisotopic (exact) mass is 481 g/mol. The number of ether oxygens (including phenoxy) is 2. The van der Waals surface area contributed by atoms with Crippen LogP contribution in [-0.4, -0.2) is 71.1 Å². The van der Waals surface area contributed by atoms with Gasteiger partial charge < -0.3 is 29.6 Å². The van der Waals surface area contributed by atoms with Gasteiger partial charge in [0.15, 0.2) is 28.6 Å². The second-order valence-electron chi connectivity index (χ2n) is 8.63. The first-order valence-corrected chi connectivity index (χ1v) is 11.6. The number of fused-ring (bicyclic) bond motifs is 1. The molecule has 2 fully saturated rings. The van der Waals surface area contributed by atoms with E-state index >= 15 is 4.39 Å². The van der Waals surface area contributed by atoms with Crippen molar-refractivity contribution in [1.29, 1.82) is 0 Å². The summed E-state index contributed by atoms with van der Waals surface area (Å²) in [6.45, 7) is 7.86. The third-order valence-corrected chi connectivity index (χ3v) is 6.21. The molecule has 2 aromatic heterocycles. The Morgan fingerprint density at radius 3 is 2.69 bits per heavy atom. The zero-order valence-corrected chi connectivity index (χ0v) is 19.8. The highest BCUT2D eigenvalue weighted by molar-refractivity contribution is 5.90. The highest BCUT2D eigenvalue weighted by atomic mass is 19.1. The Morgan fingerprint density at radius 1 is 1.26 bits per heavy atom. The molecule has 184 valence electrons. The number of nitrogens with one attached hydrogen (secondary N) is 2. The smallest absolute Gasteiger partial charge is 0.319 e. The van der Waals surface area contributed by atoms with Crippen molar-refractivity contribution in [1.82, 2.24) is 24.8 Å². The van der Waals surface area contributed by atoms with Gasteiger partial charge in [-0.2, -0.15) is 0 Å². The molecule has 11 heteroatoms. The summed E-state index contributed by atoms with van der Waals surface area (Å²) < 4.78 is 27.8. The van der Waals surface area contributed by atoms with Crippen LogP contribution in [0.4, 0.5) is 20.7 Å². The summed E-state index contributed by atoms with van der Waals surface area (Å²) in [5, 5.41) is 5.47. The first-order valence-electron chi connectivity index (χ1n) is 11.6. The van der Waals surface area contributed by atoms with Crippen LogP contribution in [0.5, 0.6) is 0 Å². The van der Waals surface area contributed by atoms with Crippen molar-refractivity contribution in [3.05, 3.63) is 42.7 Å². The molecule has 1 aromatic carbocycles. The van der Waals surface area contributed by atoms with Crippen molar-refractivity contribution >= 4 is 28.7 Å². The quantitative estimate of drug-likeness (QED) is 0.522. The molecule has 0 saturated carbocycles. The number of hydrogen-bond acceptors (Lipinski definition) is 7. The van der Waals surface area contributed by atoms with E-state index in [0.717, 1.165) is 5.56 Å². The van der Waals surface area contributed by atoms with E-state index in [0.29, 0.717) is 54.8 Å². The van der Waals surface area contributed by atoms with Crippen LogP contribution in [0.15, 0.2) is 36.9 Å². The van der Waals surface area contributed by atoms with E-state index in [9.17, 15) is 4.79 Å². The van der Waals surface area contributed by atoms with Crippen LogP contribution in [0.3, 0.4) is 0 Å². The number of aromatic nitrogens is 4. The Labute approximate surface area is 202 Å². The van der Waals surface area contributed by atoms with Crippen LogP contribution in [0.2, 0.25) is 0 Å². The predicted octanol–water partition coefficient (Wildman–Crippen LogP) is 2.76. The lowest BCUT2D eigenvalue weighted by Gasteiger charge is -2.34. The summed E-state index contributed by atoms with van der Waals surface area (Å²) in [5.74, 6) is 1.35. The van der Waals surface area contributed by atoms with Crippen LogP contribution < -0.4 is 15.5 Å². The van der Waals surface area contributed by atoms with E-state index < -0.39 is 5.67 Å². The molecule has 4 heterocycles. The largest absolute Gasteiger partial charge is 0.377 e. The Bertz CT molecular complexity index is 1260. The summed E-state index contributed by atoms with van der Waals surface area (Å²) >= 11 is 0. The number of amides is 2. The van der Waals surface area contributed by atoms with Gasteiger partial charge in [0, 0.05) is 31.4 Å². The van der Waals surface area contributed by atoms with Gasteiger partial charge in [-0.15, -0.1) is 6.58 Å². The Balaban J connectivity index is 1.60. The average molecular weight is 482 g/mol. The normalized spacial score (nSPS) is 19.3. The molecule has 0 radical (unpaired) electrons. The third kappa shape index (κ3) is 4.21. The Hall–Kier alpha value is -3.57. The number of carbonyl (C=O) groups excluding carboxylic acids is 1. The van der Waals surface area contributed by atoms with E-state index in [-0.39, 0.29) is 31.1 Å². The number of urea groups is 1. The van der Waals surface area contributed by atoms with Gasteiger partial charge in [0.25, 0.3) is 0 Å². The molecule has 3 aromatic rings. The second kappa shape index (κ2) is 9.23. The predicted molar refractivity (Wildman–Crippen MR) is 130 cm³/mol. The van der Waals surface area contributed by atoms with Crippen LogP contribution >= 0.6 is 0 Å². The molecule has 0 bridgehead atoms. The number of anilines is 2. The molecular formula is C24H28FN7O3. The minimum atomic E-state index is -1.65. The number of aryl methyl sites for hydroxylation is 1. The fraction of sp³-hybridized carbons (Fsp3) is 0.417. The Morgan fingerprint density at radius 2 is 2.03 bits per heavy atom. The number of morpholine rings is 1. The highest BCUT2D eigenvalue weighted by Gasteiger charge is 2.45. The SMILES string of the molecule is C=C[C@H]1COCCN1c1nc(-c2ccc(NC(=O)NCC)cc2)nc2c1nc(C1(F)COC1)n2C. The van der Waals surface area contributed by atoms with Gasteiger partial charge >= 0.3 is 6.03 Å². The lowest BCUT2D eigenvalue weighted by Crippen LogP contribution is -2.45. The van der Waals surface area contributed by atoms with Crippen molar-refractivity contribution in [3.8, 4) is 11.4 Å². The van der Waals surface area contributed by atoms with E-state index in [4.69, 9.17) is 19.4 Å². The van der Waals surface area contributed by atoms with Gasteiger partial charge in [0.2, 0.25) is 5.67 Å². The van der Waals surface area contributed by atoms with Crippen molar-refractivity contribution in [3.63, 3.8) is 0 Å². The molecule has 2 saturated heterocycles. The number of benzene rings is 1. The van der Waals surface area contributed by atoms with Gasteiger partial charge in [0.1, 0.15) is 0 Å². The molecule has 2 N–H and O–H groups in total. The molecule has 0 aliphatic carbocycles. The molecule has 2 amide bonds. The molecule has 2 aliphatic heterocycles. The fourth-order valence-electron chi connectivity index (χ4n) is 4.31. The number of imidazole rings is 1. The molecule has 0 unspecified atom stereocenters. The molecule has 0 spiro atoms. The maximum atomic E-state index is 15.3. The number of rotatable bonds is 6. The highest BCUT2D eigenvalue weighted by Crippen LogP contribution is 2.37. The van der Waals surface area contributed by atoms with Gasteiger partial charge in [-0.3, -0.25) is 0 Å². The number of carbonyl (C=O) groups is 1. The third-order valence-electron chi connectivity index (χ3n) is 6.21. The number of hydrogen-bond donors (Lipinski definition) is 2. The average Bonchev–Trinajstić information content (AvgIpc) is 3.19. The van der Waals surface area contributed by atoms with Gasteiger partial charge in [-0.05, 0) is 31.2 Å². The van der Waals surface area contributed by atoms with Crippen molar-refractivity contribution in [2.24, 2.45) is 7.05 Å². The van der Waals surface area contributed by atoms with Gasteiger partial charge in [0.05, 0.1) is 32.5 Å². The number of nitrogens with zero attached hydrogens (tertiary/aromatic N) is 5. The fourth-order valence-corrected chi connectivity index (χ4v) is 4.31. The standard InChI is InChI=1S/C24H28FN7O3/c1-4-17-12-34-11-10-32(17)21-18-20(31(3)22(28-18)24(25)13-35-14-24)29-19(30-21)15-6-8-16(9-7-15)27-23(33)26-5-2/h4,6-9,17H,1,5,10-14H2,2-3H3,(H2,26,27,33)/t17-/m0/s1. The first-order chi connectivity index (χ1) is 16.9. The van der Waals surface area contributed by atoms with Gasteiger partial charge in [-0.25, -0.2) is 24.1 Å². The summed E-state index contributed by atoms with van der Waals surface area (Å²) in [6, 6.07) is 6.88. The van der Waals surface area contributed by atoms with E-state index in [1.165, 1.54) is 0 Å². The van der Waals surface area contributed by atoms with Crippen LogP contribution in [0, 0.1) is 0 Å². The Kier molecular flexibility index (Phi) is 6.12. The van der Waals surface area contributed by atoms with Crippen LogP contribution in [-0.2, 0) is 22.2 Å². The van der Waals surface area contributed by atoms with Crippen LogP contribution in [0.25, 0.3) is 22.6 Å². The van der Waals surface area contributed by atoms with Crippen molar-refractivity contribution in [2.45, 2.75) is 18.6 Å². The zero-order valence-electron chi connectivity index (χ0n) is 19.8. The maximum absolute atomic E-state index is 15.3. The number of halogens is 1. The molecular weight excluding hydrogens is 453 g/mol. The maximum Gasteiger partial charge on any atom is 0.319 e. The van der Waals surface area contributed by atoms with E-state index in [1.807, 2.05) is 25.1 Å². The minimum Gasteiger partial charge on any atom is -0.377 e. The molecule has 10 nitrogen and oxygen atoms in total. The molecule has 1 atom stereocenters. The lowest BCUT2D eigenvalue weighted by molar-refractivity contribution is -0.141. The number of alkyl halides is 1. The zero-order chi connectivity index (χ0) is 24.6. The van der Waals surface area contributed by atoms with E-state index in [1.54, 1.807) is 23.7 Å². The van der Waals surface area contributed by atoms with Crippen molar-refractivity contribution in [2.75, 3.05) is 49.7 Å². The summed E-state index contributed by atoms with van der Waals surface area (Å²) in [5.41, 5.74) is 0.805. The van der Waals surface area contributed by atoms with Crippen molar-refractivity contribution < 1.29 is 18.7 Å². The topological polar surface area (TPSA) is 106 Å². The lowest BCUT2D eigenvalue weighted by atomic mass is 10.0. The second-order valence-corrected chi connectivity index (χ2v) is 8.63. The summed E-state index contributed by atoms with van der Waals surface area (Å²) in [7, 11) is 1.76. The van der Waals surface area contributed by atoms with Crippen LogP contribution in [0.1, 0.15) is 12.7 Å². The summed E-state index contributed by atoms with van der Waals surface area (Å²) in [6.07, 6.45) is 1.81. The molecule has 2 aliphatic rings. The van der Waals surface area contributed by atoms with Gasteiger partial charge in [-0.1, -0.05) is 6.08 Å². The van der Waals surface area contributed by atoms with E-state index in [2.05, 4.69) is 27.1 Å². The first kappa shape index (κ1) is 23.2.